The second-order valence-electron chi connectivity index (χ2n) is 11.2. The number of aliphatic carboxylic acids is 1. The molecule has 1 atom stereocenters. The summed E-state index contributed by atoms with van der Waals surface area (Å²) in [7, 11) is 0. The van der Waals surface area contributed by atoms with Crippen molar-refractivity contribution < 1.29 is 24.2 Å². The van der Waals surface area contributed by atoms with E-state index in [1.165, 1.54) is 6.92 Å². The number of para-hydroxylation sites is 1. The minimum absolute atomic E-state index is 0.128. The predicted molar refractivity (Wildman–Crippen MR) is 178 cm³/mol. The first-order valence-electron chi connectivity index (χ1n) is 15.3. The van der Waals surface area contributed by atoms with Crippen molar-refractivity contribution >= 4 is 17.7 Å². The smallest absolute Gasteiger partial charge is 0.322 e. The average Bonchev–Trinajstić information content (AvgIpc) is 3.08. The molecule has 5 rings (SSSR count). The SMILES string of the molecule is C[C@@](Cc1ccc(OCCCN(Cc2ccccc2)C(=O)Nc2ccc(-c3ccccc3)cc2)cc1)(Oc1ccccc1)C(=O)[O-]. The van der Waals surface area contributed by atoms with Crippen LogP contribution >= 0.6 is 0 Å². The van der Waals surface area contributed by atoms with E-state index >= 15 is 0 Å². The Morgan fingerprint density at radius 2 is 1.28 bits per heavy atom. The topological polar surface area (TPSA) is 90.9 Å². The summed E-state index contributed by atoms with van der Waals surface area (Å²) in [6, 6.07) is 43.7. The van der Waals surface area contributed by atoms with E-state index in [-0.39, 0.29) is 12.5 Å². The fraction of sp³-hybridized carbons (Fsp3) is 0.179. The second-order valence-corrected chi connectivity index (χ2v) is 11.2. The van der Waals surface area contributed by atoms with Gasteiger partial charge in [0.2, 0.25) is 0 Å². The number of carboxylic acid groups (broad SMARTS) is 1. The number of rotatable bonds is 14. The van der Waals surface area contributed by atoms with Crippen molar-refractivity contribution in [3.8, 4) is 22.6 Å². The third-order valence-electron chi connectivity index (χ3n) is 7.57. The second kappa shape index (κ2) is 15.4. The Bertz CT molecular complexity index is 1680. The maximum atomic E-state index is 13.4. The number of nitrogens with one attached hydrogen (secondary N) is 1. The van der Waals surface area contributed by atoms with Gasteiger partial charge in [0.05, 0.1) is 12.6 Å². The summed E-state index contributed by atoms with van der Waals surface area (Å²) < 4.78 is 11.8. The highest BCUT2D eigenvalue weighted by molar-refractivity contribution is 5.89. The molecule has 5 aromatic rings. The van der Waals surface area contributed by atoms with Crippen LogP contribution in [-0.2, 0) is 17.8 Å². The Hall–Kier alpha value is -5.56. The lowest BCUT2D eigenvalue weighted by molar-refractivity contribution is -0.321. The Balaban J connectivity index is 1.15. The first-order chi connectivity index (χ1) is 22.4. The van der Waals surface area contributed by atoms with Crippen LogP contribution in [0, 0.1) is 0 Å². The van der Waals surface area contributed by atoms with Crippen molar-refractivity contribution in [3.05, 3.63) is 151 Å². The van der Waals surface area contributed by atoms with Crippen LogP contribution in [0.25, 0.3) is 11.1 Å². The molecule has 0 spiro atoms. The van der Waals surface area contributed by atoms with E-state index in [9.17, 15) is 14.7 Å². The van der Waals surface area contributed by atoms with Crippen LogP contribution < -0.4 is 19.9 Å². The van der Waals surface area contributed by atoms with Crippen molar-refractivity contribution in [1.29, 1.82) is 0 Å². The number of hydrogen-bond acceptors (Lipinski definition) is 5. The van der Waals surface area contributed by atoms with Gasteiger partial charge in [-0.2, -0.15) is 0 Å². The summed E-state index contributed by atoms with van der Waals surface area (Å²) in [6.45, 7) is 2.86. The lowest BCUT2D eigenvalue weighted by Gasteiger charge is -2.32. The standard InChI is InChI=1S/C39H38N2O5/c1-39(37(42)43,46-36-16-9-4-10-17-36)28-30-18-24-35(25-19-30)45-27-11-26-41(29-31-12-5-2-6-13-31)38(44)40-34-22-20-33(21-23-34)32-14-7-3-8-15-32/h2-10,12-25H,11,26-29H2,1H3,(H,40,44)(H,42,43)/p-1/t39-/m0/s1. The van der Waals surface area contributed by atoms with Gasteiger partial charge in [0.15, 0.2) is 0 Å². The van der Waals surface area contributed by atoms with Gasteiger partial charge in [-0.05, 0) is 72.0 Å². The number of benzene rings is 5. The van der Waals surface area contributed by atoms with Crippen LogP contribution in [0.5, 0.6) is 11.5 Å². The number of carboxylic acids is 1. The highest BCUT2D eigenvalue weighted by Crippen LogP contribution is 2.24. The lowest BCUT2D eigenvalue weighted by atomic mass is 9.96. The summed E-state index contributed by atoms with van der Waals surface area (Å²) in [5.41, 5.74) is 3.21. The molecule has 5 aromatic carbocycles. The molecule has 7 heteroatoms. The molecule has 0 radical (unpaired) electrons. The summed E-state index contributed by atoms with van der Waals surface area (Å²) in [4.78, 5) is 27.1. The van der Waals surface area contributed by atoms with Crippen LogP contribution in [0.2, 0.25) is 0 Å². The molecule has 7 nitrogen and oxygen atoms in total. The largest absolute Gasteiger partial charge is 0.546 e. The van der Waals surface area contributed by atoms with Gasteiger partial charge in [0.1, 0.15) is 17.1 Å². The predicted octanol–water partition coefficient (Wildman–Crippen LogP) is 6.99. The molecule has 1 N–H and O–H groups in total. The molecule has 234 valence electrons. The number of carbonyl (C=O) groups is 2. The van der Waals surface area contributed by atoms with Gasteiger partial charge >= 0.3 is 6.03 Å². The zero-order chi connectivity index (χ0) is 32.2. The third-order valence-corrected chi connectivity index (χ3v) is 7.57. The van der Waals surface area contributed by atoms with E-state index < -0.39 is 11.6 Å². The van der Waals surface area contributed by atoms with Gasteiger partial charge in [-0.15, -0.1) is 0 Å². The fourth-order valence-electron chi connectivity index (χ4n) is 5.07. The van der Waals surface area contributed by atoms with E-state index in [2.05, 4.69) is 17.4 Å². The minimum Gasteiger partial charge on any atom is -0.546 e. The molecule has 0 saturated heterocycles. The van der Waals surface area contributed by atoms with E-state index in [0.717, 1.165) is 27.9 Å². The number of amides is 2. The highest BCUT2D eigenvalue weighted by Gasteiger charge is 2.29. The van der Waals surface area contributed by atoms with Crippen molar-refractivity contribution in [2.24, 2.45) is 0 Å². The summed E-state index contributed by atoms with van der Waals surface area (Å²) in [5.74, 6) is -0.171. The quantitative estimate of drug-likeness (QED) is 0.136. The molecular weight excluding hydrogens is 576 g/mol. The van der Waals surface area contributed by atoms with E-state index in [1.807, 2.05) is 91.0 Å². The third kappa shape index (κ3) is 8.99. The normalized spacial score (nSPS) is 12.0. The van der Waals surface area contributed by atoms with Crippen LogP contribution in [0.4, 0.5) is 10.5 Å². The zero-order valence-electron chi connectivity index (χ0n) is 25.8. The Labute approximate surface area is 270 Å². The van der Waals surface area contributed by atoms with Gasteiger partial charge in [-0.1, -0.05) is 103 Å². The molecule has 0 aliphatic carbocycles. The molecule has 0 aliphatic rings. The molecule has 0 saturated carbocycles. The van der Waals surface area contributed by atoms with Gasteiger partial charge in [-0.3, -0.25) is 0 Å². The number of carbonyl (C=O) groups excluding carboxylic acids is 2. The van der Waals surface area contributed by atoms with E-state index in [1.54, 1.807) is 41.3 Å². The maximum Gasteiger partial charge on any atom is 0.322 e. The van der Waals surface area contributed by atoms with Crippen LogP contribution in [-0.4, -0.2) is 35.7 Å². The Morgan fingerprint density at radius 1 is 0.696 bits per heavy atom. The Kier molecular flexibility index (Phi) is 10.7. The van der Waals surface area contributed by atoms with Crippen LogP contribution in [0.15, 0.2) is 140 Å². The average molecular weight is 614 g/mol. The lowest BCUT2D eigenvalue weighted by Crippen LogP contribution is -2.52. The maximum absolute atomic E-state index is 13.4. The summed E-state index contributed by atoms with van der Waals surface area (Å²) >= 11 is 0. The molecule has 46 heavy (non-hydrogen) atoms. The molecule has 0 aliphatic heterocycles. The van der Waals surface area contributed by atoms with Gasteiger partial charge < -0.3 is 29.6 Å². The Morgan fingerprint density at radius 3 is 1.91 bits per heavy atom. The fourth-order valence-corrected chi connectivity index (χ4v) is 5.07. The van der Waals surface area contributed by atoms with Gasteiger partial charge in [0, 0.05) is 25.2 Å². The van der Waals surface area contributed by atoms with Crippen molar-refractivity contribution in [1.82, 2.24) is 4.90 Å². The summed E-state index contributed by atoms with van der Waals surface area (Å²) in [6.07, 6.45) is 0.742. The first kappa shape index (κ1) is 31.9. The zero-order valence-corrected chi connectivity index (χ0v) is 25.8. The first-order valence-corrected chi connectivity index (χ1v) is 15.3. The molecule has 2 amide bonds. The molecule has 0 aromatic heterocycles. The highest BCUT2D eigenvalue weighted by atomic mass is 16.5. The monoisotopic (exact) mass is 613 g/mol. The summed E-state index contributed by atoms with van der Waals surface area (Å²) in [5, 5.41) is 15.0. The van der Waals surface area contributed by atoms with Crippen LogP contribution in [0.3, 0.4) is 0 Å². The number of anilines is 1. The molecule has 0 heterocycles. The molecule has 0 bridgehead atoms. The van der Waals surface area contributed by atoms with Crippen LogP contribution in [0.1, 0.15) is 24.5 Å². The van der Waals surface area contributed by atoms with Gasteiger partial charge in [0.25, 0.3) is 0 Å². The number of hydrogen-bond donors (Lipinski definition) is 1. The molecular formula is C39H37N2O5-. The van der Waals surface area contributed by atoms with Crippen molar-refractivity contribution in [2.75, 3.05) is 18.5 Å². The van der Waals surface area contributed by atoms with E-state index in [0.29, 0.717) is 37.6 Å². The number of ether oxygens (including phenoxy) is 2. The number of urea groups is 1. The van der Waals surface area contributed by atoms with E-state index in [4.69, 9.17) is 9.47 Å². The molecule has 0 unspecified atom stereocenters. The minimum atomic E-state index is -1.53. The van der Waals surface area contributed by atoms with Gasteiger partial charge in [-0.25, -0.2) is 4.79 Å². The molecule has 0 fully saturated rings. The van der Waals surface area contributed by atoms with Crippen molar-refractivity contribution in [3.63, 3.8) is 0 Å². The van der Waals surface area contributed by atoms with Crippen molar-refractivity contribution in [2.45, 2.75) is 31.9 Å². The number of nitrogens with zero attached hydrogens (tertiary/aromatic N) is 1.